The second kappa shape index (κ2) is 12.0. The summed E-state index contributed by atoms with van der Waals surface area (Å²) in [6, 6.07) is 4.75. The topological polar surface area (TPSA) is 153 Å². The van der Waals surface area contributed by atoms with E-state index in [-0.39, 0.29) is 17.9 Å². The molecule has 0 spiro atoms. The average Bonchev–Trinajstić information content (AvgIpc) is 2.75. The molecule has 1 fully saturated rings. The first-order valence-electron chi connectivity index (χ1n) is 10.3. The summed E-state index contributed by atoms with van der Waals surface area (Å²) >= 11 is 0. The fourth-order valence-corrected chi connectivity index (χ4v) is 3.31. The lowest BCUT2D eigenvalue weighted by molar-refractivity contribution is -0.257. The van der Waals surface area contributed by atoms with Gasteiger partial charge in [0.15, 0.2) is 12.2 Å². The molecule has 1 N–H and O–H groups in total. The zero-order valence-corrected chi connectivity index (χ0v) is 19.4. The molecule has 2 rings (SSSR count). The molecule has 0 unspecified atom stereocenters. The van der Waals surface area contributed by atoms with Crippen LogP contribution >= 0.6 is 0 Å². The van der Waals surface area contributed by atoms with Crippen molar-refractivity contribution in [2.75, 3.05) is 13.7 Å². The summed E-state index contributed by atoms with van der Waals surface area (Å²) in [4.78, 5) is 58.6. The molecule has 12 heteroatoms. The lowest BCUT2D eigenvalue weighted by Gasteiger charge is -2.44. The Morgan fingerprint density at radius 1 is 0.882 bits per heavy atom. The fraction of sp³-hybridized carbons (Fsp3) is 0.500. The van der Waals surface area contributed by atoms with Gasteiger partial charge in [-0.2, -0.15) is 0 Å². The van der Waals surface area contributed by atoms with Crippen molar-refractivity contribution in [1.82, 2.24) is 5.32 Å². The first kappa shape index (κ1) is 26.6. The Kier molecular flexibility index (Phi) is 9.36. The van der Waals surface area contributed by atoms with Crippen LogP contribution in [0, 0.1) is 0 Å². The highest BCUT2D eigenvalue weighted by Crippen LogP contribution is 2.29. The lowest BCUT2D eigenvalue weighted by atomic mass is 9.96. The maximum absolute atomic E-state index is 11.9. The predicted molar refractivity (Wildman–Crippen MR) is 112 cm³/mol. The molecule has 0 bridgehead atoms. The molecule has 1 aromatic rings. The number of benzene rings is 1. The van der Waals surface area contributed by atoms with Crippen LogP contribution in [0.3, 0.4) is 0 Å². The van der Waals surface area contributed by atoms with Crippen molar-refractivity contribution in [2.24, 2.45) is 0 Å². The number of carbonyl (C=O) groups is 5. The minimum absolute atomic E-state index is 0.242. The number of methoxy groups -OCH3 is 1. The Morgan fingerprint density at radius 3 is 1.97 bits per heavy atom. The standard InChI is InChI=1S/C22H27NO11/c1-11(24)23-18-20(32-14(4)27)19(31-13(3)26)17(10-30-12(2)25)34-22(18)33-16-8-6-15(7-9-16)21(28)29-5/h6-9,17-20,22H,10H2,1-5H3,(H,23,24)/t17-,18+,19+,20-,22-/m0/s1. The quantitative estimate of drug-likeness (QED) is 0.408. The van der Waals surface area contributed by atoms with Gasteiger partial charge in [0.1, 0.15) is 24.5 Å². The minimum atomic E-state index is -1.26. The lowest BCUT2D eigenvalue weighted by Crippen LogP contribution is -2.67. The van der Waals surface area contributed by atoms with Crippen LogP contribution in [0.5, 0.6) is 5.75 Å². The second-order valence-corrected chi connectivity index (χ2v) is 7.35. The highest BCUT2D eigenvalue weighted by Gasteiger charge is 2.51. The number of rotatable bonds is 8. The maximum atomic E-state index is 11.9. The van der Waals surface area contributed by atoms with Crippen molar-refractivity contribution in [2.45, 2.75) is 58.3 Å². The van der Waals surface area contributed by atoms with Gasteiger partial charge in [0.2, 0.25) is 12.2 Å². The molecule has 0 radical (unpaired) electrons. The van der Waals surface area contributed by atoms with Crippen LogP contribution in [0.25, 0.3) is 0 Å². The molecule has 34 heavy (non-hydrogen) atoms. The van der Waals surface area contributed by atoms with Gasteiger partial charge in [0.25, 0.3) is 0 Å². The molecule has 1 heterocycles. The van der Waals surface area contributed by atoms with E-state index in [0.29, 0.717) is 0 Å². The third kappa shape index (κ3) is 7.44. The summed E-state index contributed by atoms with van der Waals surface area (Å²) in [6.45, 7) is 4.36. The third-order valence-corrected chi connectivity index (χ3v) is 4.60. The summed E-state index contributed by atoms with van der Waals surface area (Å²) in [5, 5.41) is 2.60. The smallest absolute Gasteiger partial charge is 0.337 e. The van der Waals surface area contributed by atoms with E-state index in [4.69, 9.17) is 23.7 Å². The second-order valence-electron chi connectivity index (χ2n) is 7.35. The van der Waals surface area contributed by atoms with E-state index in [9.17, 15) is 24.0 Å². The number of carbonyl (C=O) groups excluding carboxylic acids is 5. The van der Waals surface area contributed by atoms with E-state index in [1.807, 2.05) is 0 Å². The summed E-state index contributed by atoms with van der Waals surface area (Å²) in [5.41, 5.74) is 0.276. The van der Waals surface area contributed by atoms with E-state index in [1.165, 1.54) is 45.2 Å². The van der Waals surface area contributed by atoms with E-state index in [0.717, 1.165) is 13.8 Å². The number of hydrogen-bond acceptors (Lipinski definition) is 11. The maximum Gasteiger partial charge on any atom is 0.337 e. The first-order valence-corrected chi connectivity index (χ1v) is 10.3. The molecule has 0 aromatic heterocycles. The van der Waals surface area contributed by atoms with Crippen LogP contribution in [0.1, 0.15) is 38.1 Å². The number of nitrogens with one attached hydrogen (secondary N) is 1. The Labute approximate surface area is 195 Å². The molecule has 0 aliphatic carbocycles. The minimum Gasteiger partial charge on any atom is -0.465 e. The van der Waals surface area contributed by atoms with Gasteiger partial charge in [0, 0.05) is 27.7 Å². The number of hydrogen-bond donors (Lipinski definition) is 1. The molecule has 1 saturated heterocycles. The summed E-state index contributed by atoms with van der Waals surface area (Å²) in [6.07, 6.45) is -4.82. The van der Waals surface area contributed by atoms with Gasteiger partial charge in [-0.1, -0.05) is 0 Å². The Hall–Kier alpha value is -3.67. The third-order valence-electron chi connectivity index (χ3n) is 4.60. The molecular formula is C22H27NO11. The number of ether oxygens (including phenoxy) is 6. The van der Waals surface area contributed by atoms with Crippen molar-refractivity contribution in [3.63, 3.8) is 0 Å². The van der Waals surface area contributed by atoms with Crippen molar-refractivity contribution in [1.29, 1.82) is 0 Å². The normalized spacial score (nSPS) is 23.7. The molecule has 1 aromatic carbocycles. The van der Waals surface area contributed by atoms with Crippen molar-refractivity contribution >= 4 is 29.8 Å². The van der Waals surface area contributed by atoms with Gasteiger partial charge >= 0.3 is 23.9 Å². The van der Waals surface area contributed by atoms with Crippen molar-refractivity contribution in [3.8, 4) is 5.75 Å². The first-order chi connectivity index (χ1) is 16.0. The highest BCUT2D eigenvalue weighted by atomic mass is 16.7. The van der Waals surface area contributed by atoms with Gasteiger partial charge in [-0.25, -0.2) is 4.79 Å². The van der Waals surface area contributed by atoms with Crippen molar-refractivity contribution in [3.05, 3.63) is 29.8 Å². The highest BCUT2D eigenvalue weighted by molar-refractivity contribution is 5.89. The molecular weight excluding hydrogens is 454 g/mol. The predicted octanol–water partition coefficient (Wildman–Crippen LogP) is 0.508. The van der Waals surface area contributed by atoms with Crippen LogP contribution < -0.4 is 10.1 Å². The van der Waals surface area contributed by atoms with E-state index < -0.39 is 60.4 Å². The van der Waals surface area contributed by atoms with Crippen LogP contribution in [0.2, 0.25) is 0 Å². The zero-order valence-electron chi connectivity index (χ0n) is 19.4. The number of esters is 4. The van der Waals surface area contributed by atoms with Crippen LogP contribution in [0.15, 0.2) is 24.3 Å². The van der Waals surface area contributed by atoms with Gasteiger partial charge < -0.3 is 33.7 Å². The molecule has 1 aliphatic rings. The molecule has 0 saturated carbocycles. The summed E-state index contributed by atoms with van der Waals surface area (Å²) < 4.78 is 32.2. The van der Waals surface area contributed by atoms with Crippen LogP contribution in [-0.4, -0.2) is 74.1 Å². The SMILES string of the molecule is COC(=O)c1ccc(O[C@H]2O[C@@H](COC(C)=O)[C@@H](OC(C)=O)[C@@H](OC(C)=O)[C@H]2NC(C)=O)cc1. The van der Waals surface area contributed by atoms with E-state index in [2.05, 4.69) is 10.1 Å². The van der Waals surface area contributed by atoms with Crippen molar-refractivity contribution < 1.29 is 52.4 Å². The molecule has 186 valence electrons. The monoisotopic (exact) mass is 481 g/mol. The van der Waals surface area contributed by atoms with Gasteiger partial charge in [0.05, 0.1) is 12.7 Å². The van der Waals surface area contributed by atoms with Gasteiger partial charge in [-0.3, -0.25) is 19.2 Å². The zero-order chi connectivity index (χ0) is 25.4. The summed E-state index contributed by atoms with van der Waals surface area (Å²) in [5.74, 6) is -2.84. The van der Waals surface area contributed by atoms with E-state index >= 15 is 0 Å². The molecule has 1 amide bonds. The fourth-order valence-electron chi connectivity index (χ4n) is 3.31. The van der Waals surface area contributed by atoms with Gasteiger partial charge in [-0.15, -0.1) is 0 Å². The molecule has 5 atom stereocenters. The summed E-state index contributed by atoms with van der Waals surface area (Å²) in [7, 11) is 1.25. The van der Waals surface area contributed by atoms with Crippen LogP contribution in [-0.2, 0) is 42.9 Å². The van der Waals surface area contributed by atoms with Gasteiger partial charge in [-0.05, 0) is 24.3 Å². The molecule has 1 aliphatic heterocycles. The average molecular weight is 481 g/mol. The largest absolute Gasteiger partial charge is 0.465 e. The Balaban J connectivity index is 2.42. The Bertz CT molecular complexity index is 914. The van der Waals surface area contributed by atoms with Crippen LogP contribution in [0.4, 0.5) is 0 Å². The Morgan fingerprint density at radius 2 is 1.47 bits per heavy atom. The number of amides is 1. The molecule has 12 nitrogen and oxygen atoms in total. The van der Waals surface area contributed by atoms with E-state index in [1.54, 1.807) is 0 Å².